The van der Waals surface area contributed by atoms with Gasteiger partial charge in [-0.2, -0.15) is 0 Å². The lowest BCUT2D eigenvalue weighted by Crippen LogP contribution is -2.53. The Morgan fingerprint density at radius 1 is 0.854 bits per heavy atom. The molecule has 4 rings (SSSR count). The number of carbonyl (C=O) groups excluding carboxylic acids is 2. The number of nitrogens with zero attached hydrogens (tertiary/aromatic N) is 2. The fourth-order valence-electron chi connectivity index (χ4n) is 5.39. The summed E-state index contributed by atoms with van der Waals surface area (Å²) in [6.45, 7) is 7.15. The molecule has 0 aliphatic heterocycles. The Kier molecular flexibility index (Phi) is 9.86. The van der Waals surface area contributed by atoms with Crippen LogP contribution in [0.3, 0.4) is 0 Å². The Morgan fingerprint density at radius 2 is 1.46 bits per heavy atom. The van der Waals surface area contributed by atoms with Crippen LogP contribution in [0, 0.1) is 20.8 Å². The summed E-state index contributed by atoms with van der Waals surface area (Å²) < 4.78 is 29.2. The van der Waals surface area contributed by atoms with E-state index in [9.17, 15) is 18.0 Å². The Labute approximate surface area is 244 Å². The average molecular weight is 576 g/mol. The van der Waals surface area contributed by atoms with E-state index in [1.807, 2.05) is 57.2 Å². The van der Waals surface area contributed by atoms with Gasteiger partial charge in [0, 0.05) is 12.6 Å². The molecule has 0 spiro atoms. The van der Waals surface area contributed by atoms with Crippen molar-refractivity contribution in [3.05, 3.63) is 95.1 Å². The van der Waals surface area contributed by atoms with Crippen molar-refractivity contribution in [2.75, 3.05) is 10.8 Å². The second-order valence-corrected chi connectivity index (χ2v) is 13.1. The fourth-order valence-corrected chi connectivity index (χ4v) is 6.79. The third kappa shape index (κ3) is 7.76. The molecule has 1 aliphatic rings. The van der Waals surface area contributed by atoms with Gasteiger partial charge in [-0.3, -0.25) is 13.9 Å². The van der Waals surface area contributed by atoms with Crippen LogP contribution < -0.4 is 9.62 Å². The van der Waals surface area contributed by atoms with Crippen LogP contribution in [-0.2, 0) is 26.2 Å². The summed E-state index contributed by atoms with van der Waals surface area (Å²) in [6, 6.07) is 20.9. The number of amides is 2. The maximum atomic E-state index is 14.1. The van der Waals surface area contributed by atoms with Gasteiger partial charge in [0.2, 0.25) is 11.8 Å². The lowest BCUT2D eigenvalue weighted by Gasteiger charge is -2.33. The molecule has 1 saturated carbocycles. The Balaban J connectivity index is 1.69. The normalized spacial score (nSPS) is 14.7. The van der Waals surface area contributed by atoms with Gasteiger partial charge < -0.3 is 10.2 Å². The number of hydrogen-bond donors (Lipinski definition) is 1. The topological polar surface area (TPSA) is 86.8 Å². The van der Waals surface area contributed by atoms with E-state index < -0.39 is 28.5 Å². The van der Waals surface area contributed by atoms with Crippen LogP contribution in [0.4, 0.5) is 5.69 Å². The van der Waals surface area contributed by atoms with Crippen molar-refractivity contribution in [1.29, 1.82) is 0 Å². The summed E-state index contributed by atoms with van der Waals surface area (Å²) in [5.41, 5.74) is 3.98. The van der Waals surface area contributed by atoms with Crippen molar-refractivity contribution in [3.8, 4) is 0 Å². The Hall–Kier alpha value is -3.65. The van der Waals surface area contributed by atoms with E-state index in [4.69, 9.17) is 0 Å². The van der Waals surface area contributed by atoms with Gasteiger partial charge in [0.25, 0.3) is 10.0 Å². The monoisotopic (exact) mass is 575 g/mol. The first kappa shape index (κ1) is 30.3. The van der Waals surface area contributed by atoms with Crippen molar-refractivity contribution >= 4 is 27.5 Å². The van der Waals surface area contributed by atoms with E-state index in [0.29, 0.717) is 5.69 Å². The van der Waals surface area contributed by atoms with Crippen molar-refractivity contribution in [1.82, 2.24) is 10.2 Å². The maximum absolute atomic E-state index is 14.1. The van der Waals surface area contributed by atoms with Gasteiger partial charge >= 0.3 is 0 Å². The van der Waals surface area contributed by atoms with Crippen LogP contribution in [0.5, 0.6) is 0 Å². The molecule has 3 aromatic carbocycles. The molecule has 7 nitrogen and oxygen atoms in total. The predicted molar refractivity (Wildman–Crippen MR) is 163 cm³/mol. The van der Waals surface area contributed by atoms with Gasteiger partial charge in [-0.25, -0.2) is 8.42 Å². The SMILES string of the molecule is Cc1ccc(S(=O)(=O)N(CC(=O)N(Cc2ccccc2)C(C)C(=O)NC2CCCCC2)c2cc(C)cc(C)c2)cc1. The molecule has 0 heterocycles. The summed E-state index contributed by atoms with van der Waals surface area (Å²) >= 11 is 0. The van der Waals surface area contributed by atoms with Crippen LogP contribution in [0.15, 0.2) is 77.7 Å². The number of carbonyl (C=O) groups is 2. The molecule has 3 aromatic rings. The van der Waals surface area contributed by atoms with Crippen molar-refractivity contribution < 1.29 is 18.0 Å². The minimum Gasteiger partial charge on any atom is -0.352 e. The molecule has 0 radical (unpaired) electrons. The summed E-state index contributed by atoms with van der Waals surface area (Å²) in [6.07, 6.45) is 5.19. The van der Waals surface area contributed by atoms with E-state index >= 15 is 0 Å². The number of nitrogens with one attached hydrogen (secondary N) is 1. The molecule has 0 aromatic heterocycles. The molecule has 1 unspecified atom stereocenters. The first-order valence-corrected chi connectivity index (χ1v) is 15.8. The Morgan fingerprint density at radius 3 is 2.07 bits per heavy atom. The minimum absolute atomic E-state index is 0.0982. The first-order chi connectivity index (χ1) is 19.5. The van der Waals surface area contributed by atoms with Crippen molar-refractivity contribution in [3.63, 3.8) is 0 Å². The second kappa shape index (κ2) is 13.3. The lowest BCUT2D eigenvalue weighted by molar-refractivity contribution is -0.139. The van der Waals surface area contributed by atoms with Gasteiger partial charge in [0.05, 0.1) is 10.6 Å². The number of benzene rings is 3. The summed E-state index contributed by atoms with van der Waals surface area (Å²) in [7, 11) is -4.09. The second-order valence-electron chi connectivity index (χ2n) is 11.2. The molecule has 41 heavy (non-hydrogen) atoms. The number of sulfonamides is 1. The zero-order valence-corrected chi connectivity index (χ0v) is 25.3. The molecule has 1 atom stereocenters. The molecule has 0 saturated heterocycles. The summed E-state index contributed by atoms with van der Waals surface area (Å²) in [4.78, 5) is 29.1. The fraction of sp³-hybridized carbons (Fsp3) is 0.394. The zero-order valence-electron chi connectivity index (χ0n) is 24.5. The van der Waals surface area contributed by atoms with E-state index in [1.165, 1.54) is 15.6 Å². The number of aryl methyl sites for hydroxylation is 3. The molecule has 1 aliphatic carbocycles. The maximum Gasteiger partial charge on any atom is 0.264 e. The van der Waals surface area contributed by atoms with E-state index in [0.717, 1.165) is 47.9 Å². The van der Waals surface area contributed by atoms with Crippen LogP contribution in [0.25, 0.3) is 0 Å². The number of anilines is 1. The smallest absolute Gasteiger partial charge is 0.264 e. The molecule has 1 fully saturated rings. The van der Waals surface area contributed by atoms with Crippen LogP contribution in [-0.4, -0.2) is 43.8 Å². The van der Waals surface area contributed by atoms with Crippen LogP contribution in [0.1, 0.15) is 61.3 Å². The largest absolute Gasteiger partial charge is 0.352 e. The summed E-state index contributed by atoms with van der Waals surface area (Å²) in [5, 5.41) is 3.14. The van der Waals surface area contributed by atoms with Crippen LogP contribution in [0.2, 0.25) is 0 Å². The van der Waals surface area contributed by atoms with E-state index in [2.05, 4.69) is 5.32 Å². The molecule has 0 bridgehead atoms. The number of hydrogen-bond acceptors (Lipinski definition) is 4. The summed E-state index contributed by atoms with van der Waals surface area (Å²) in [5.74, 6) is -0.671. The van der Waals surface area contributed by atoms with Crippen molar-refractivity contribution in [2.45, 2.75) is 83.3 Å². The number of rotatable bonds is 10. The highest BCUT2D eigenvalue weighted by Gasteiger charge is 2.33. The van der Waals surface area contributed by atoms with Crippen molar-refractivity contribution in [2.24, 2.45) is 0 Å². The highest BCUT2D eigenvalue weighted by Crippen LogP contribution is 2.27. The van der Waals surface area contributed by atoms with Gasteiger partial charge in [0.1, 0.15) is 12.6 Å². The van der Waals surface area contributed by atoms with Gasteiger partial charge in [-0.1, -0.05) is 73.4 Å². The minimum atomic E-state index is -4.09. The molecule has 1 N–H and O–H groups in total. The molecular weight excluding hydrogens is 534 g/mol. The highest BCUT2D eigenvalue weighted by molar-refractivity contribution is 7.92. The first-order valence-electron chi connectivity index (χ1n) is 14.4. The molecular formula is C33H41N3O4S. The van der Waals surface area contributed by atoms with E-state index in [-0.39, 0.29) is 23.4 Å². The Bertz CT molecular complexity index is 1430. The third-order valence-electron chi connectivity index (χ3n) is 7.70. The average Bonchev–Trinajstić information content (AvgIpc) is 2.95. The molecule has 218 valence electrons. The van der Waals surface area contributed by atoms with Gasteiger partial charge in [0.15, 0.2) is 0 Å². The quantitative estimate of drug-likeness (QED) is 0.337. The van der Waals surface area contributed by atoms with E-state index in [1.54, 1.807) is 43.3 Å². The predicted octanol–water partition coefficient (Wildman–Crippen LogP) is 5.67. The third-order valence-corrected chi connectivity index (χ3v) is 9.48. The van der Waals surface area contributed by atoms with Crippen LogP contribution >= 0.6 is 0 Å². The highest BCUT2D eigenvalue weighted by atomic mass is 32.2. The zero-order chi connectivity index (χ0) is 29.6. The molecule has 2 amide bonds. The molecule has 8 heteroatoms. The van der Waals surface area contributed by atoms with Gasteiger partial charge in [-0.05, 0) is 81.5 Å². The van der Waals surface area contributed by atoms with Gasteiger partial charge in [-0.15, -0.1) is 0 Å². The standard InChI is InChI=1S/C33H41N3O4S/c1-24-15-17-31(18-16-24)41(39,40)36(30-20-25(2)19-26(3)21-30)23-32(37)35(22-28-11-7-5-8-12-28)27(4)33(38)34-29-13-9-6-10-14-29/h5,7-8,11-12,15-21,27,29H,6,9-10,13-14,22-23H2,1-4H3,(H,34,38). The lowest BCUT2D eigenvalue weighted by atomic mass is 9.95.